The Balaban J connectivity index is 1.70. The fraction of sp³-hybridized carbons (Fsp3) is 0.619. The van der Waals surface area contributed by atoms with E-state index in [0.29, 0.717) is 19.7 Å². The molecule has 27 heavy (non-hydrogen) atoms. The summed E-state index contributed by atoms with van der Waals surface area (Å²) >= 11 is 0. The average molecular weight is 373 g/mol. The lowest BCUT2D eigenvalue weighted by atomic mass is 9.92. The fourth-order valence-corrected chi connectivity index (χ4v) is 4.22. The number of hydrogen-bond donors (Lipinski definition) is 1. The number of nitrogens with zero attached hydrogens (tertiary/aromatic N) is 2. The molecule has 0 unspecified atom stereocenters. The number of hydrogen-bond acceptors (Lipinski definition) is 4. The van der Waals surface area contributed by atoms with E-state index < -0.39 is 0 Å². The first-order valence-corrected chi connectivity index (χ1v) is 9.95. The van der Waals surface area contributed by atoms with Gasteiger partial charge in [0, 0.05) is 33.2 Å². The summed E-state index contributed by atoms with van der Waals surface area (Å²) in [5, 5.41) is 3.07. The van der Waals surface area contributed by atoms with E-state index in [0.717, 1.165) is 30.8 Å². The molecular weight excluding hydrogens is 342 g/mol. The lowest BCUT2D eigenvalue weighted by molar-refractivity contribution is -0.129. The number of carbonyl (C=O) groups excluding carboxylic acids is 2. The fourth-order valence-electron chi connectivity index (χ4n) is 4.22. The zero-order valence-electron chi connectivity index (χ0n) is 16.4. The molecule has 0 saturated carbocycles. The van der Waals surface area contributed by atoms with Crippen molar-refractivity contribution in [1.82, 2.24) is 15.1 Å². The highest BCUT2D eigenvalue weighted by Crippen LogP contribution is 2.38. The summed E-state index contributed by atoms with van der Waals surface area (Å²) in [5.74, 6) is -0.345. The van der Waals surface area contributed by atoms with Gasteiger partial charge in [0.25, 0.3) is 0 Å². The van der Waals surface area contributed by atoms with Gasteiger partial charge in [-0.2, -0.15) is 0 Å². The third kappa shape index (κ3) is 4.87. The van der Waals surface area contributed by atoms with Crippen molar-refractivity contribution in [3.05, 3.63) is 35.4 Å². The zero-order chi connectivity index (χ0) is 19.2. The maximum absolute atomic E-state index is 12.9. The Labute approximate surface area is 161 Å². The van der Waals surface area contributed by atoms with Crippen LogP contribution in [0.25, 0.3) is 0 Å². The van der Waals surface area contributed by atoms with E-state index in [9.17, 15) is 9.59 Å². The number of benzene rings is 1. The van der Waals surface area contributed by atoms with E-state index in [2.05, 4.69) is 16.3 Å². The minimum absolute atomic E-state index is 0.0195. The van der Waals surface area contributed by atoms with Crippen LogP contribution in [0.5, 0.6) is 0 Å². The molecular formula is C21H31N3O3. The van der Waals surface area contributed by atoms with Crippen LogP contribution in [0.2, 0.25) is 0 Å². The van der Waals surface area contributed by atoms with E-state index >= 15 is 0 Å². The van der Waals surface area contributed by atoms with E-state index in [1.807, 2.05) is 30.0 Å². The monoisotopic (exact) mass is 373 g/mol. The van der Waals surface area contributed by atoms with Gasteiger partial charge in [0.05, 0.1) is 18.6 Å². The standard InChI is InChI=1S/C21H31N3O3/c1-16-6-5-7-17(14-16)20-18(15-19(25)24(20)12-13-27-2)21(26)22-8-11-23-9-3-4-10-23/h5-7,14,18,20H,3-4,8-13,15H2,1-2H3,(H,22,26)/t18-,20+/m1/s1. The van der Waals surface area contributed by atoms with Crippen LogP contribution < -0.4 is 5.32 Å². The van der Waals surface area contributed by atoms with Gasteiger partial charge in [-0.15, -0.1) is 0 Å². The van der Waals surface area contributed by atoms with Crippen molar-refractivity contribution in [2.24, 2.45) is 5.92 Å². The van der Waals surface area contributed by atoms with Crippen molar-refractivity contribution >= 4 is 11.8 Å². The molecule has 0 aromatic heterocycles. The molecule has 1 aromatic carbocycles. The minimum atomic E-state index is -0.352. The summed E-state index contributed by atoms with van der Waals surface area (Å²) in [5.41, 5.74) is 2.16. The van der Waals surface area contributed by atoms with Crippen molar-refractivity contribution in [2.75, 3.05) is 46.4 Å². The molecule has 148 valence electrons. The molecule has 2 saturated heterocycles. The average Bonchev–Trinajstić information content (AvgIpc) is 3.27. The highest BCUT2D eigenvalue weighted by Gasteiger charge is 2.44. The number of carbonyl (C=O) groups is 2. The van der Waals surface area contributed by atoms with Crippen molar-refractivity contribution in [3.63, 3.8) is 0 Å². The maximum Gasteiger partial charge on any atom is 0.226 e. The Morgan fingerprint density at radius 1 is 1.26 bits per heavy atom. The first-order chi connectivity index (χ1) is 13.1. The molecule has 0 radical (unpaired) electrons. The summed E-state index contributed by atoms with van der Waals surface area (Å²) in [4.78, 5) is 29.7. The Hall–Kier alpha value is -1.92. The second-order valence-corrected chi connectivity index (χ2v) is 7.59. The van der Waals surface area contributed by atoms with Gasteiger partial charge in [-0.25, -0.2) is 0 Å². The Morgan fingerprint density at radius 3 is 2.74 bits per heavy atom. The number of aryl methyl sites for hydroxylation is 1. The molecule has 2 amide bonds. The number of methoxy groups -OCH3 is 1. The molecule has 3 rings (SSSR count). The van der Waals surface area contributed by atoms with E-state index in [-0.39, 0.29) is 30.2 Å². The molecule has 2 atom stereocenters. The third-order valence-electron chi connectivity index (χ3n) is 5.61. The quantitative estimate of drug-likeness (QED) is 0.754. The molecule has 2 fully saturated rings. The molecule has 1 N–H and O–H groups in total. The van der Waals surface area contributed by atoms with Crippen LogP contribution in [0.15, 0.2) is 24.3 Å². The molecule has 2 aliphatic heterocycles. The normalized spacial score (nSPS) is 23.2. The summed E-state index contributed by atoms with van der Waals surface area (Å²) in [6, 6.07) is 7.89. The van der Waals surface area contributed by atoms with Gasteiger partial charge >= 0.3 is 0 Å². The van der Waals surface area contributed by atoms with E-state index in [1.165, 1.54) is 12.8 Å². The van der Waals surface area contributed by atoms with Gasteiger partial charge in [-0.3, -0.25) is 9.59 Å². The van der Waals surface area contributed by atoms with Crippen LogP contribution in [0.3, 0.4) is 0 Å². The van der Waals surface area contributed by atoms with Gasteiger partial charge in [0.15, 0.2) is 0 Å². The van der Waals surface area contributed by atoms with Gasteiger partial charge in [-0.1, -0.05) is 29.8 Å². The third-order valence-corrected chi connectivity index (χ3v) is 5.61. The number of nitrogens with one attached hydrogen (secondary N) is 1. The van der Waals surface area contributed by atoms with Crippen LogP contribution in [-0.4, -0.2) is 68.1 Å². The zero-order valence-corrected chi connectivity index (χ0v) is 16.4. The Kier molecular flexibility index (Phi) is 6.85. The van der Waals surface area contributed by atoms with Gasteiger partial charge in [0.2, 0.25) is 11.8 Å². The second kappa shape index (κ2) is 9.33. The van der Waals surface area contributed by atoms with Crippen LogP contribution in [0.4, 0.5) is 0 Å². The molecule has 6 heteroatoms. The number of likely N-dealkylation sites (tertiary alicyclic amines) is 2. The topological polar surface area (TPSA) is 61.9 Å². The highest BCUT2D eigenvalue weighted by atomic mass is 16.5. The molecule has 0 bridgehead atoms. The maximum atomic E-state index is 12.9. The number of rotatable bonds is 8. The summed E-state index contributed by atoms with van der Waals surface area (Å²) in [6.45, 7) is 6.77. The smallest absolute Gasteiger partial charge is 0.226 e. The number of amides is 2. The summed E-state index contributed by atoms with van der Waals surface area (Å²) in [7, 11) is 1.63. The first kappa shape index (κ1) is 19.8. The molecule has 2 aliphatic rings. The molecule has 0 aliphatic carbocycles. The lowest BCUT2D eigenvalue weighted by Crippen LogP contribution is -2.39. The van der Waals surface area contributed by atoms with Gasteiger partial charge in [0.1, 0.15) is 0 Å². The molecule has 0 spiro atoms. The minimum Gasteiger partial charge on any atom is -0.383 e. The Morgan fingerprint density at radius 2 is 2.04 bits per heavy atom. The largest absolute Gasteiger partial charge is 0.383 e. The van der Waals surface area contributed by atoms with Gasteiger partial charge in [-0.05, 0) is 38.4 Å². The van der Waals surface area contributed by atoms with Crippen LogP contribution in [0, 0.1) is 12.8 Å². The van der Waals surface area contributed by atoms with Crippen molar-refractivity contribution < 1.29 is 14.3 Å². The predicted molar refractivity (Wildman–Crippen MR) is 104 cm³/mol. The van der Waals surface area contributed by atoms with Crippen molar-refractivity contribution in [3.8, 4) is 0 Å². The highest BCUT2D eigenvalue weighted by molar-refractivity contribution is 5.90. The molecule has 2 heterocycles. The summed E-state index contributed by atoms with van der Waals surface area (Å²) < 4.78 is 5.18. The van der Waals surface area contributed by atoms with Gasteiger partial charge < -0.3 is 19.9 Å². The lowest BCUT2D eigenvalue weighted by Gasteiger charge is -2.28. The van der Waals surface area contributed by atoms with Crippen LogP contribution >= 0.6 is 0 Å². The van der Waals surface area contributed by atoms with Crippen LogP contribution in [0.1, 0.15) is 36.4 Å². The SMILES string of the molecule is COCCN1C(=O)C[C@@H](C(=O)NCCN2CCCC2)[C@@H]1c1cccc(C)c1. The molecule has 1 aromatic rings. The summed E-state index contributed by atoms with van der Waals surface area (Å²) in [6.07, 6.45) is 2.75. The van der Waals surface area contributed by atoms with Crippen LogP contribution in [-0.2, 0) is 14.3 Å². The number of ether oxygens (including phenoxy) is 1. The van der Waals surface area contributed by atoms with E-state index in [1.54, 1.807) is 7.11 Å². The predicted octanol–water partition coefficient (Wildman–Crippen LogP) is 1.74. The van der Waals surface area contributed by atoms with E-state index in [4.69, 9.17) is 4.74 Å². The first-order valence-electron chi connectivity index (χ1n) is 9.95. The van der Waals surface area contributed by atoms with Crippen molar-refractivity contribution in [1.29, 1.82) is 0 Å². The molecule has 6 nitrogen and oxygen atoms in total. The van der Waals surface area contributed by atoms with Crippen molar-refractivity contribution in [2.45, 2.75) is 32.2 Å². The second-order valence-electron chi connectivity index (χ2n) is 7.59. The Bertz CT molecular complexity index is 658.